The highest BCUT2D eigenvalue weighted by Gasteiger charge is 2.44. The van der Waals surface area contributed by atoms with Gasteiger partial charge in [0.1, 0.15) is 5.75 Å². The van der Waals surface area contributed by atoms with Gasteiger partial charge in [0.2, 0.25) is 5.12 Å². The Hall–Kier alpha value is -1.74. The van der Waals surface area contributed by atoms with Crippen LogP contribution in [0.5, 0.6) is 5.75 Å². The lowest BCUT2D eigenvalue weighted by atomic mass is 9.77. The van der Waals surface area contributed by atoms with Crippen LogP contribution >= 0.6 is 11.8 Å². The van der Waals surface area contributed by atoms with E-state index in [9.17, 15) is 4.79 Å². The lowest BCUT2D eigenvalue weighted by Crippen LogP contribution is -2.27. The summed E-state index contributed by atoms with van der Waals surface area (Å²) < 4.78 is 5.22. The number of ether oxygens (including phenoxy) is 1. The second-order valence-electron chi connectivity index (χ2n) is 4.74. The van der Waals surface area contributed by atoms with Crippen LogP contribution in [0.1, 0.15) is 18.1 Å². The van der Waals surface area contributed by atoms with Crippen LogP contribution in [-0.4, -0.2) is 12.2 Å². The molecule has 2 aromatic carbocycles. The number of rotatable bonds is 2. The summed E-state index contributed by atoms with van der Waals surface area (Å²) in [6, 6.07) is 15.8. The maximum absolute atomic E-state index is 12.5. The Morgan fingerprint density at radius 3 is 2.53 bits per heavy atom. The second-order valence-corrected chi connectivity index (χ2v) is 5.76. The smallest absolute Gasteiger partial charge is 0.208 e. The minimum absolute atomic E-state index is 0.168. The van der Waals surface area contributed by atoms with Crippen molar-refractivity contribution < 1.29 is 9.53 Å². The number of fused-ring (bicyclic) bond motifs is 1. The number of carbonyl (C=O) groups is 1. The Balaban J connectivity index is 2.18. The first-order chi connectivity index (χ1) is 9.16. The first kappa shape index (κ1) is 12.3. The zero-order valence-corrected chi connectivity index (χ0v) is 11.7. The van der Waals surface area contributed by atoms with Crippen molar-refractivity contribution in [1.82, 2.24) is 0 Å². The van der Waals surface area contributed by atoms with Gasteiger partial charge in [-0.05, 0) is 30.2 Å². The van der Waals surface area contributed by atoms with E-state index in [2.05, 4.69) is 0 Å². The largest absolute Gasteiger partial charge is 0.497 e. The van der Waals surface area contributed by atoms with Crippen LogP contribution in [0.15, 0.2) is 53.4 Å². The van der Waals surface area contributed by atoms with Crippen molar-refractivity contribution in [2.45, 2.75) is 17.2 Å². The molecule has 0 N–H and O–H groups in total. The van der Waals surface area contributed by atoms with Crippen molar-refractivity contribution in [3.8, 4) is 5.75 Å². The molecular weight excluding hydrogens is 256 g/mol. The minimum Gasteiger partial charge on any atom is -0.497 e. The van der Waals surface area contributed by atoms with Gasteiger partial charge >= 0.3 is 0 Å². The molecule has 19 heavy (non-hydrogen) atoms. The lowest BCUT2D eigenvalue weighted by Gasteiger charge is -2.23. The van der Waals surface area contributed by atoms with Gasteiger partial charge in [-0.25, -0.2) is 0 Å². The van der Waals surface area contributed by atoms with Gasteiger partial charge in [0.15, 0.2) is 0 Å². The topological polar surface area (TPSA) is 26.3 Å². The fourth-order valence-corrected chi connectivity index (χ4v) is 3.67. The third-order valence-corrected chi connectivity index (χ3v) is 4.84. The average molecular weight is 270 g/mol. The highest BCUT2D eigenvalue weighted by molar-refractivity contribution is 8.14. The van der Waals surface area contributed by atoms with Gasteiger partial charge in [-0.2, -0.15) is 0 Å². The second kappa shape index (κ2) is 4.42. The van der Waals surface area contributed by atoms with Gasteiger partial charge in [0.25, 0.3) is 0 Å². The van der Waals surface area contributed by atoms with Gasteiger partial charge in [0, 0.05) is 4.90 Å². The standard InChI is InChI=1S/C16H14O2S/c1-16(11-6-4-3-5-7-11)13-9-8-12(18-2)10-14(13)19-15(16)17/h3-10H,1-2H3. The highest BCUT2D eigenvalue weighted by Crippen LogP contribution is 2.49. The van der Waals surface area contributed by atoms with Crippen LogP contribution in [0.3, 0.4) is 0 Å². The molecule has 3 rings (SSSR count). The molecular formula is C16H14O2S. The molecule has 0 saturated carbocycles. The first-order valence-corrected chi connectivity index (χ1v) is 6.94. The molecule has 1 aliphatic rings. The molecule has 0 fully saturated rings. The molecule has 0 aromatic heterocycles. The molecule has 1 aliphatic heterocycles. The number of thioether (sulfide) groups is 1. The van der Waals surface area contributed by atoms with E-state index in [1.54, 1.807) is 7.11 Å². The molecule has 0 amide bonds. The third-order valence-electron chi connectivity index (χ3n) is 3.69. The Bertz CT molecular complexity index is 636. The van der Waals surface area contributed by atoms with E-state index >= 15 is 0 Å². The van der Waals surface area contributed by atoms with Gasteiger partial charge < -0.3 is 4.74 Å². The van der Waals surface area contributed by atoms with E-state index in [0.717, 1.165) is 21.8 Å². The molecule has 0 bridgehead atoms. The molecule has 96 valence electrons. The van der Waals surface area contributed by atoms with Gasteiger partial charge in [-0.1, -0.05) is 48.2 Å². The molecule has 3 heteroatoms. The van der Waals surface area contributed by atoms with E-state index in [-0.39, 0.29) is 5.12 Å². The van der Waals surface area contributed by atoms with Crippen LogP contribution in [0.4, 0.5) is 0 Å². The van der Waals surface area contributed by atoms with Gasteiger partial charge in [-0.15, -0.1) is 0 Å². The summed E-state index contributed by atoms with van der Waals surface area (Å²) in [4.78, 5) is 13.5. The SMILES string of the molecule is COc1ccc2c(c1)SC(=O)C2(C)c1ccccc1. The van der Waals surface area contributed by atoms with Crippen LogP contribution in [0.2, 0.25) is 0 Å². The number of benzene rings is 2. The van der Waals surface area contributed by atoms with Crippen molar-refractivity contribution in [2.75, 3.05) is 7.11 Å². The van der Waals surface area contributed by atoms with Gasteiger partial charge in [-0.3, -0.25) is 4.79 Å². The molecule has 0 spiro atoms. The fourth-order valence-electron chi connectivity index (χ4n) is 2.48. The first-order valence-electron chi connectivity index (χ1n) is 6.12. The molecule has 0 aliphatic carbocycles. The Morgan fingerprint density at radius 2 is 1.84 bits per heavy atom. The van der Waals surface area contributed by atoms with Crippen molar-refractivity contribution in [3.05, 3.63) is 59.7 Å². The maximum Gasteiger partial charge on any atom is 0.208 e. The molecule has 2 aromatic rings. The van der Waals surface area contributed by atoms with Crippen LogP contribution in [-0.2, 0) is 10.2 Å². The number of carbonyl (C=O) groups excluding carboxylic acids is 1. The molecule has 1 atom stereocenters. The van der Waals surface area contributed by atoms with E-state index < -0.39 is 5.41 Å². The predicted molar refractivity (Wildman–Crippen MR) is 76.8 cm³/mol. The van der Waals surface area contributed by atoms with E-state index in [0.29, 0.717) is 0 Å². The number of methoxy groups -OCH3 is 1. The van der Waals surface area contributed by atoms with Crippen LogP contribution in [0, 0.1) is 0 Å². The summed E-state index contributed by atoms with van der Waals surface area (Å²) in [7, 11) is 1.64. The van der Waals surface area contributed by atoms with Gasteiger partial charge in [0.05, 0.1) is 12.5 Å². The summed E-state index contributed by atoms with van der Waals surface area (Å²) >= 11 is 1.30. The van der Waals surface area contributed by atoms with Crippen molar-refractivity contribution in [1.29, 1.82) is 0 Å². The van der Waals surface area contributed by atoms with E-state index in [4.69, 9.17) is 4.74 Å². The summed E-state index contributed by atoms with van der Waals surface area (Å²) in [5.74, 6) is 0.788. The van der Waals surface area contributed by atoms with E-state index in [1.807, 2.05) is 55.5 Å². The quantitative estimate of drug-likeness (QED) is 0.833. The summed E-state index contributed by atoms with van der Waals surface area (Å²) in [6.07, 6.45) is 0. The van der Waals surface area contributed by atoms with Crippen molar-refractivity contribution >= 4 is 16.9 Å². The molecule has 0 radical (unpaired) electrons. The average Bonchev–Trinajstić information content (AvgIpc) is 2.72. The predicted octanol–water partition coefficient (Wildman–Crippen LogP) is 3.63. The third kappa shape index (κ3) is 1.77. The minimum atomic E-state index is -0.562. The molecule has 0 saturated heterocycles. The number of hydrogen-bond acceptors (Lipinski definition) is 3. The molecule has 1 heterocycles. The lowest BCUT2D eigenvalue weighted by molar-refractivity contribution is -0.113. The number of hydrogen-bond donors (Lipinski definition) is 0. The summed E-state index contributed by atoms with van der Waals surface area (Å²) in [6.45, 7) is 2.00. The van der Waals surface area contributed by atoms with Crippen molar-refractivity contribution in [3.63, 3.8) is 0 Å². The summed E-state index contributed by atoms with van der Waals surface area (Å²) in [5.41, 5.74) is 1.54. The summed E-state index contributed by atoms with van der Waals surface area (Å²) in [5, 5.41) is 0.168. The normalized spacial score (nSPS) is 21.3. The Kier molecular flexibility index (Phi) is 2.86. The monoisotopic (exact) mass is 270 g/mol. The Morgan fingerprint density at radius 1 is 1.11 bits per heavy atom. The zero-order chi connectivity index (χ0) is 13.5. The highest BCUT2D eigenvalue weighted by atomic mass is 32.2. The van der Waals surface area contributed by atoms with E-state index in [1.165, 1.54) is 11.8 Å². The fraction of sp³-hybridized carbons (Fsp3) is 0.188. The maximum atomic E-state index is 12.5. The van der Waals surface area contributed by atoms with Crippen LogP contribution in [0.25, 0.3) is 0 Å². The Labute approximate surface area is 116 Å². The molecule has 1 unspecified atom stereocenters. The zero-order valence-electron chi connectivity index (χ0n) is 10.8. The van der Waals surface area contributed by atoms with Crippen molar-refractivity contribution in [2.24, 2.45) is 0 Å². The van der Waals surface area contributed by atoms with Crippen LogP contribution < -0.4 is 4.74 Å². The molecule has 2 nitrogen and oxygen atoms in total.